The summed E-state index contributed by atoms with van der Waals surface area (Å²) in [6.45, 7) is 0. The Morgan fingerprint density at radius 2 is 1.55 bits per heavy atom. The molecular weight excluding hydrogens is 341 g/mol. The van der Waals surface area contributed by atoms with Crippen LogP contribution in [0.3, 0.4) is 0 Å². The minimum Gasteiger partial charge on any atom is -0.349 e. The second kappa shape index (κ2) is 6.49. The van der Waals surface area contributed by atoms with Crippen molar-refractivity contribution in [2.45, 2.75) is 24.8 Å². The second-order valence-corrected chi connectivity index (χ2v) is 6.60. The zero-order valence-corrected chi connectivity index (χ0v) is 13.9. The lowest BCUT2D eigenvalue weighted by Gasteiger charge is -2.38. The van der Waals surface area contributed by atoms with Crippen LogP contribution in [0.2, 0.25) is 15.1 Å². The zero-order chi connectivity index (χ0) is 15.7. The van der Waals surface area contributed by atoms with E-state index in [-0.39, 0.29) is 17.9 Å². The van der Waals surface area contributed by atoms with Gasteiger partial charge in [0.15, 0.2) is 0 Å². The van der Waals surface area contributed by atoms with Crippen LogP contribution < -0.4 is 5.32 Å². The molecule has 1 amide bonds. The average molecular weight is 355 g/mol. The molecule has 1 saturated carbocycles. The van der Waals surface area contributed by atoms with Gasteiger partial charge >= 0.3 is 0 Å². The van der Waals surface area contributed by atoms with Crippen LogP contribution in [-0.4, -0.2) is 11.9 Å². The quantitative estimate of drug-likeness (QED) is 0.793. The summed E-state index contributed by atoms with van der Waals surface area (Å²) < 4.78 is 0. The molecule has 0 unspecified atom stereocenters. The summed E-state index contributed by atoms with van der Waals surface area (Å²) in [5.74, 6) is -0.0175. The predicted octanol–water partition coefficient (Wildman–Crippen LogP) is 5.32. The fourth-order valence-corrected chi connectivity index (χ4v) is 3.67. The van der Waals surface area contributed by atoms with Gasteiger partial charge in [-0.2, -0.15) is 0 Å². The Labute approximate surface area is 144 Å². The van der Waals surface area contributed by atoms with Crippen molar-refractivity contribution in [2.24, 2.45) is 0 Å². The minimum atomic E-state index is -0.163. The molecule has 0 bridgehead atoms. The highest BCUT2D eigenvalue weighted by Crippen LogP contribution is 2.43. The van der Waals surface area contributed by atoms with Crippen LogP contribution in [0.1, 0.15) is 34.7 Å². The largest absolute Gasteiger partial charge is 0.349 e. The summed E-state index contributed by atoms with van der Waals surface area (Å²) in [6, 6.07) is 12.5. The van der Waals surface area contributed by atoms with Gasteiger partial charge in [0.25, 0.3) is 5.91 Å². The lowest BCUT2D eigenvalue weighted by Crippen LogP contribution is -2.45. The molecule has 2 aromatic rings. The van der Waals surface area contributed by atoms with Gasteiger partial charge in [-0.1, -0.05) is 53.0 Å². The maximum absolute atomic E-state index is 12.4. The number of carbonyl (C=O) groups excluding carboxylic acids is 1. The normalized spacial score (nSPS) is 20.3. The third kappa shape index (κ3) is 2.96. The zero-order valence-electron chi connectivity index (χ0n) is 11.7. The number of halogens is 3. The molecule has 0 heterocycles. The molecule has 2 aromatic carbocycles. The third-order valence-electron chi connectivity index (χ3n) is 4.08. The van der Waals surface area contributed by atoms with Crippen LogP contribution >= 0.6 is 34.8 Å². The van der Waals surface area contributed by atoms with E-state index in [0.29, 0.717) is 20.6 Å². The van der Waals surface area contributed by atoms with Crippen molar-refractivity contribution in [3.63, 3.8) is 0 Å². The third-order valence-corrected chi connectivity index (χ3v) is 5.07. The SMILES string of the molecule is O=C(N[C@@H]1CC[C@@H]1c1c(Cl)cccc1Cl)c1ccccc1Cl. The van der Waals surface area contributed by atoms with E-state index in [4.69, 9.17) is 34.8 Å². The smallest absolute Gasteiger partial charge is 0.253 e. The van der Waals surface area contributed by atoms with E-state index in [1.165, 1.54) is 0 Å². The molecule has 0 spiro atoms. The van der Waals surface area contributed by atoms with Crippen molar-refractivity contribution in [1.82, 2.24) is 5.32 Å². The van der Waals surface area contributed by atoms with E-state index in [1.807, 2.05) is 18.2 Å². The van der Waals surface area contributed by atoms with E-state index in [9.17, 15) is 4.79 Å². The molecule has 1 aliphatic carbocycles. The molecule has 5 heteroatoms. The van der Waals surface area contributed by atoms with Crippen molar-refractivity contribution < 1.29 is 4.79 Å². The topological polar surface area (TPSA) is 29.1 Å². The lowest BCUT2D eigenvalue weighted by molar-refractivity contribution is 0.0905. The summed E-state index contributed by atoms with van der Waals surface area (Å²) in [6.07, 6.45) is 1.86. The van der Waals surface area contributed by atoms with Gasteiger partial charge in [-0.05, 0) is 42.7 Å². The Hall–Kier alpha value is -1.22. The summed E-state index contributed by atoms with van der Waals surface area (Å²) in [5, 5.41) is 4.78. The first-order valence-corrected chi connectivity index (χ1v) is 8.20. The Bertz CT molecular complexity index is 697. The van der Waals surface area contributed by atoms with Crippen molar-refractivity contribution in [2.75, 3.05) is 0 Å². The van der Waals surface area contributed by atoms with Gasteiger partial charge in [-0.15, -0.1) is 0 Å². The fraction of sp³-hybridized carbons (Fsp3) is 0.235. The number of rotatable bonds is 3. The van der Waals surface area contributed by atoms with Gasteiger partial charge in [-0.3, -0.25) is 4.79 Å². The van der Waals surface area contributed by atoms with Gasteiger partial charge in [0.1, 0.15) is 0 Å². The molecule has 0 saturated heterocycles. The molecule has 0 radical (unpaired) electrons. The molecule has 114 valence electrons. The molecule has 3 rings (SSSR count). The van der Waals surface area contributed by atoms with E-state index in [2.05, 4.69) is 5.32 Å². The van der Waals surface area contributed by atoms with Gasteiger partial charge in [-0.25, -0.2) is 0 Å². The number of carbonyl (C=O) groups is 1. The lowest BCUT2D eigenvalue weighted by atomic mass is 9.75. The molecule has 1 aliphatic rings. The van der Waals surface area contributed by atoms with Crippen LogP contribution in [0, 0.1) is 0 Å². The minimum absolute atomic E-state index is 0.0289. The molecule has 0 aliphatic heterocycles. The molecular formula is C17H14Cl3NO. The van der Waals surface area contributed by atoms with Gasteiger partial charge in [0.05, 0.1) is 10.6 Å². The van der Waals surface area contributed by atoms with E-state index >= 15 is 0 Å². The summed E-state index contributed by atoms with van der Waals surface area (Å²) in [4.78, 5) is 12.4. The number of nitrogens with one attached hydrogen (secondary N) is 1. The number of hydrogen-bond donors (Lipinski definition) is 1. The Kier molecular flexibility index (Phi) is 4.62. The predicted molar refractivity (Wildman–Crippen MR) is 91.1 cm³/mol. The monoisotopic (exact) mass is 353 g/mol. The molecule has 1 fully saturated rings. The number of amides is 1. The summed E-state index contributed by atoms with van der Waals surface area (Å²) >= 11 is 18.6. The first kappa shape index (κ1) is 15.7. The van der Waals surface area contributed by atoms with Crippen LogP contribution in [-0.2, 0) is 0 Å². The van der Waals surface area contributed by atoms with E-state index < -0.39 is 0 Å². The highest BCUT2D eigenvalue weighted by Gasteiger charge is 2.36. The van der Waals surface area contributed by atoms with Crippen LogP contribution in [0.4, 0.5) is 0 Å². The van der Waals surface area contributed by atoms with Crippen molar-refractivity contribution in [3.05, 3.63) is 68.7 Å². The van der Waals surface area contributed by atoms with Gasteiger partial charge < -0.3 is 5.32 Å². The van der Waals surface area contributed by atoms with Gasteiger partial charge in [0, 0.05) is 22.0 Å². The highest BCUT2D eigenvalue weighted by molar-refractivity contribution is 6.36. The summed E-state index contributed by atoms with van der Waals surface area (Å²) in [5.41, 5.74) is 1.40. The first-order chi connectivity index (χ1) is 10.6. The molecule has 2 nitrogen and oxygen atoms in total. The highest BCUT2D eigenvalue weighted by atomic mass is 35.5. The molecule has 22 heavy (non-hydrogen) atoms. The summed E-state index contributed by atoms with van der Waals surface area (Å²) in [7, 11) is 0. The van der Waals surface area contributed by atoms with Crippen LogP contribution in [0.25, 0.3) is 0 Å². The molecule has 2 atom stereocenters. The van der Waals surface area contributed by atoms with E-state index in [0.717, 1.165) is 18.4 Å². The van der Waals surface area contributed by atoms with Crippen LogP contribution in [0.5, 0.6) is 0 Å². The van der Waals surface area contributed by atoms with Crippen molar-refractivity contribution in [1.29, 1.82) is 0 Å². The van der Waals surface area contributed by atoms with Crippen molar-refractivity contribution >= 4 is 40.7 Å². The van der Waals surface area contributed by atoms with E-state index in [1.54, 1.807) is 24.3 Å². The average Bonchev–Trinajstić information content (AvgIpc) is 2.47. The first-order valence-electron chi connectivity index (χ1n) is 7.07. The maximum atomic E-state index is 12.4. The number of hydrogen-bond acceptors (Lipinski definition) is 1. The Balaban J connectivity index is 1.77. The number of benzene rings is 2. The fourth-order valence-electron chi connectivity index (χ4n) is 2.77. The second-order valence-electron chi connectivity index (χ2n) is 5.38. The molecule has 1 N–H and O–H groups in total. The maximum Gasteiger partial charge on any atom is 0.253 e. The Morgan fingerprint density at radius 3 is 2.14 bits per heavy atom. The van der Waals surface area contributed by atoms with Gasteiger partial charge in [0.2, 0.25) is 0 Å². The Morgan fingerprint density at radius 1 is 0.909 bits per heavy atom. The standard InChI is InChI=1S/C17H14Cl3NO/c18-12-5-2-1-4-10(12)17(22)21-15-9-8-11(15)16-13(19)6-3-7-14(16)20/h1-7,11,15H,8-9H2,(H,21,22)/t11-,15+/m0/s1. The van der Waals surface area contributed by atoms with Crippen LogP contribution in [0.15, 0.2) is 42.5 Å². The van der Waals surface area contributed by atoms with Crippen molar-refractivity contribution in [3.8, 4) is 0 Å². The molecule has 0 aromatic heterocycles.